The Morgan fingerprint density at radius 1 is 1.03 bits per heavy atom. The Kier molecular flexibility index (Phi) is 6.46. The molecular weight excluding hydrogens is 521 g/mol. The van der Waals surface area contributed by atoms with Gasteiger partial charge in [0, 0.05) is 34.3 Å². The van der Waals surface area contributed by atoms with Crippen molar-refractivity contribution in [1.29, 1.82) is 0 Å². The normalized spacial score (nSPS) is 13.8. The van der Waals surface area contributed by atoms with E-state index in [9.17, 15) is 21.6 Å². The monoisotopic (exact) mass is 545 g/mol. The van der Waals surface area contributed by atoms with E-state index in [1.165, 1.54) is 37.4 Å². The van der Waals surface area contributed by atoms with Crippen molar-refractivity contribution in [3.05, 3.63) is 87.9 Å². The zero-order valence-electron chi connectivity index (χ0n) is 20.4. The molecule has 0 aromatic heterocycles. The minimum Gasteiger partial charge on any atom is -0.497 e. The van der Waals surface area contributed by atoms with Crippen molar-refractivity contribution in [3.8, 4) is 5.75 Å². The maximum atomic E-state index is 13.3. The van der Waals surface area contributed by atoms with Crippen LogP contribution in [-0.4, -0.2) is 26.8 Å². The number of hydrogen-bond acceptors (Lipinski definition) is 4. The maximum absolute atomic E-state index is 13.3. The van der Waals surface area contributed by atoms with Gasteiger partial charge in [-0.2, -0.15) is 17.5 Å². The van der Waals surface area contributed by atoms with Gasteiger partial charge >= 0.3 is 6.18 Å². The maximum Gasteiger partial charge on any atom is 0.416 e. The van der Waals surface area contributed by atoms with E-state index in [4.69, 9.17) is 8.85 Å². The predicted octanol–water partition coefficient (Wildman–Crippen LogP) is 5.91. The number of alkyl halides is 3. The minimum absolute atomic E-state index is 0.182. The van der Waals surface area contributed by atoms with Gasteiger partial charge in [0.05, 0.1) is 17.6 Å². The summed E-state index contributed by atoms with van der Waals surface area (Å²) in [5.41, 5.74) is 0.768. The zero-order valence-corrected chi connectivity index (χ0v) is 19.8. The highest BCUT2D eigenvalue weighted by atomic mass is 79.9. The second-order valence-corrected chi connectivity index (χ2v) is 9.77. The number of ether oxygens (including phenoxy) is 1. The number of methoxy groups -OCH3 is 1. The molecule has 3 rings (SSSR count). The molecule has 3 aromatic rings. The number of hydrogen-bond donors (Lipinski definition) is 1. The highest BCUT2D eigenvalue weighted by molar-refractivity contribution is 9.10. The summed E-state index contributed by atoms with van der Waals surface area (Å²) in [5.74, 6) is 0.547. The highest BCUT2D eigenvalue weighted by Crippen LogP contribution is 2.30. The van der Waals surface area contributed by atoms with E-state index in [0.29, 0.717) is 31.3 Å². The van der Waals surface area contributed by atoms with Gasteiger partial charge in [-0.05, 0) is 69.5 Å². The number of nitrogens with zero attached hydrogens (tertiary/aromatic N) is 1. The fourth-order valence-corrected chi connectivity index (χ4v) is 4.67. The molecule has 33 heavy (non-hydrogen) atoms. The third-order valence-electron chi connectivity index (χ3n) is 4.78. The van der Waals surface area contributed by atoms with Crippen LogP contribution < -0.4 is 10.1 Å². The van der Waals surface area contributed by atoms with E-state index in [2.05, 4.69) is 21.2 Å². The van der Waals surface area contributed by atoms with E-state index in [1.54, 1.807) is 24.3 Å². The van der Waals surface area contributed by atoms with Crippen molar-refractivity contribution in [3.63, 3.8) is 0 Å². The predicted molar refractivity (Wildman–Crippen MR) is 125 cm³/mol. The van der Waals surface area contributed by atoms with Gasteiger partial charge in [0.1, 0.15) is 5.75 Å². The van der Waals surface area contributed by atoms with E-state index in [-0.39, 0.29) is 18.0 Å². The smallest absolute Gasteiger partial charge is 0.416 e. The molecule has 10 heteroatoms. The van der Waals surface area contributed by atoms with E-state index < -0.39 is 28.7 Å². The lowest BCUT2D eigenvalue weighted by Crippen LogP contribution is -2.26. The first-order chi connectivity index (χ1) is 16.7. The van der Waals surface area contributed by atoms with Crippen LogP contribution in [0.1, 0.15) is 20.8 Å². The summed E-state index contributed by atoms with van der Waals surface area (Å²) in [6.45, 7) is -3.14. The SMILES string of the molecule is [2H]C([2H])([2H])N(Cc1ccc(OC)cc1)S(=O)(=O)c1ccc(NCc2ccc(C(F)(F)F)cc2)c(Br)c1. The Morgan fingerprint density at radius 3 is 2.21 bits per heavy atom. The molecule has 0 saturated heterocycles. The average Bonchev–Trinajstić information content (AvgIpc) is 2.81. The highest BCUT2D eigenvalue weighted by Gasteiger charge is 2.29. The topological polar surface area (TPSA) is 58.6 Å². The van der Waals surface area contributed by atoms with Crippen molar-refractivity contribution in [2.75, 3.05) is 19.4 Å². The molecule has 0 aliphatic rings. The lowest BCUT2D eigenvalue weighted by atomic mass is 10.1. The molecule has 0 aliphatic heterocycles. The largest absolute Gasteiger partial charge is 0.497 e. The Hall–Kier alpha value is -2.56. The molecule has 0 radical (unpaired) electrons. The Bertz CT molecular complexity index is 1300. The summed E-state index contributed by atoms with van der Waals surface area (Å²) in [4.78, 5) is -0.237. The zero-order chi connectivity index (χ0) is 26.7. The number of sulfonamides is 1. The summed E-state index contributed by atoms with van der Waals surface area (Å²) in [7, 11) is -2.94. The quantitative estimate of drug-likeness (QED) is 0.382. The van der Waals surface area contributed by atoms with Crippen molar-refractivity contribution in [2.24, 2.45) is 0 Å². The number of benzene rings is 3. The number of halogens is 4. The first-order valence-corrected chi connectivity index (χ1v) is 11.8. The van der Waals surface area contributed by atoms with E-state index >= 15 is 0 Å². The van der Waals surface area contributed by atoms with Gasteiger partial charge in [0.25, 0.3) is 0 Å². The van der Waals surface area contributed by atoms with E-state index in [0.717, 1.165) is 12.1 Å². The van der Waals surface area contributed by atoms with Crippen LogP contribution >= 0.6 is 15.9 Å². The fraction of sp³-hybridized carbons (Fsp3) is 0.217. The first-order valence-electron chi connectivity index (χ1n) is 11.1. The van der Waals surface area contributed by atoms with Gasteiger partial charge in [-0.1, -0.05) is 24.3 Å². The second kappa shape index (κ2) is 10.1. The molecule has 0 saturated carbocycles. The van der Waals surface area contributed by atoms with Crippen LogP contribution in [0.3, 0.4) is 0 Å². The van der Waals surface area contributed by atoms with Gasteiger partial charge in [0.15, 0.2) is 0 Å². The van der Waals surface area contributed by atoms with Crippen molar-refractivity contribution >= 4 is 31.6 Å². The van der Waals surface area contributed by atoms with Crippen molar-refractivity contribution in [1.82, 2.24) is 4.31 Å². The van der Waals surface area contributed by atoms with Crippen molar-refractivity contribution < 1.29 is 30.4 Å². The molecule has 0 bridgehead atoms. The number of anilines is 1. The average molecular weight is 546 g/mol. The molecule has 0 amide bonds. The standard InChI is InChI=1S/C23H22BrF3N2O3S/c1-29(15-17-5-9-19(32-2)10-6-17)33(30,31)20-11-12-22(21(24)13-20)28-14-16-3-7-18(8-4-16)23(25,26)27/h3-13,28H,14-15H2,1-2H3/i1D3. The fourth-order valence-electron chi connectivity index (χ4n) is 2.92. The summed E-state index contributed by atoms with van der Waals surface area (Å²) in [5, 5.41) is 3.02. The molecule has 0 heterocycles. The van der Waals surface area contributed by atoms with Gasteiger partial charge < -0.3 is 10.1 Å². The number of nitrogens with one attached hydrogen (secondary N) is 1. The van der Waals surface area contributed by atoms with Crippen molar-refractivity contribution in [2.45, 2.75) is 24.2 Å². The first kappa shape index (κ1) is 21.0. The van der Waals surface area contributed by atoms with Gasteiger partial charge in [0.2, 0.25) is 10.0 Å². The third-order valence-corrected chi connectivity index (χ3v) is 6.99. The lowest BCUT2D eigenvalue weighted by Gasteiger charge is -2.18. The second-order valence-electron chi connectivity index (χ2n) is 7.05. The number of rotatable bonds is 8. The lowest BCUT2D eigenvalue weighted by molar-refractivity contribution is -0.137. The molecule has 5 nitrogen and oxygen atoms in total. The van der Waals surface area contributed by atoms with E-state index in [1.807, 2.05) is 0 Å². The molecular formula is C23H22BrF3N2O3S. The summed E-state index contributed by atoms with van der Waals surface area (Å²) < 4.78 is 94.0. The van der Waals surface area contributed by atoms with Crippen LogP contribution in [0, 0.1) is 0 Å². The summed E-state index contributed by atoms with van der Waals surface area (Å²) >= 11 is 3.28. The minimum atomic E-state index is -4.42. The molecule has 0 unspecified atom stereocenters. The molecule has 0 fully saturated rings. The van der Waals surface area contributed by atoms with Crippen LogP contribution in [0.15, 0.2) is 76.1 Å². The summed E-state index contributed by atoms with van der Waals surface area (Å²) in [6, 6.07) is 15.0. The molecule has 3 aromatic carbocycles. The third kappa shape index (κ3) is 6.27. The molecule has 176 valence electrons. The van der Waals surface area contributed by atoms with Crippen LogP contribution in [0.25, 0.3) is 0 Å². The molecule has 1 N–H and O–H groups in total. The van der Waals surface area contributed by atoms with Crippen LogP contribution in [0.2, 0.25) is 0 Å². The summed E-state index contributed by atoms with van der Waals surface area (Å²) in [6.07, 6.45) is -4.42. The van der Waals surface area contributed by atoms with Gasteiger partial charge in [-0.3, -0.25) is 0 Å². The van der Waals surface area contributed by atoms with Crippen LogP contribution in [0.4, 0.5) is 18.9 Å². The molecule has 0 atom stereocenters. The Morgan fingerprint density at radius 2 is 1.67 bits per heavy atom. The molecule has 0 spiro atoms. The Balaban J connectivity index is 1.79. The van der Waals surface area contributed by atoms with Gasteiger partial charge in [-0.25, -0.2) is 8.42 Å². The molecule has 0 aliphatic carbocycles. The Labute approximate surface area is 203 Å². The van der Waals surface area contributed by atoms with Gasteiger partial charge in [-0.15, -0.1) is 0 Å². The van der Waals surface area contributed by atoms with Crippen LogP contribution in [-0.2, 0) is 29.3 Å². The van der Waals surface area contributed by atoms with Crippen LogP contribution in [0.5, 0.6) is 5.75 Å².